The maximum atomic E-state index is 12.2. The van der Waals surface area contributed by atoms with Gasteiger partial charge >= 0.3 is 5.97 Å². The number of hydrogen-bond acceptors (Lipinski definition) is 3. The molecule has 1 amide bonds. The number of carboxylic acids is 1. The summed E-state index contributed by atoms with van der Waals surface area (Å²) >= 11 is 0. The molecule has 1 aromatic heterocycles. The van der Waals surface area contributed by atoms with Gasteiger partial charge in [-0.2, -0.15) is 5.10 Å². The van der Waals surface area contributed by atoms with E-state index in [1.165, 1.54) is 0 Å². The van der Waals surface area contributed by atoms with Crippen LogP contribution in [0.15, 0.2) is 24.3 Å². The largest absolute Gasteiger partial charge is 0.478 e. The van der Waals surface area contributed by atoms with Gasteiger partial charge in [0, 0.05) is 25.2 Å². The van der Waals surface area contributed by atoms with Crippen molar-refractivity contribution in [2.75, 3.05) is 6.54 Å². The molecule has 0 fully saturated rings. The van der Waals surface area contributed by atoms with Gasteiger partial charge in [-0.15, -0.1) is 0 Å². The highest BCUT2D eigenvalue weighted by Crippen LogP contribution is 2.16. The fraction of sp³-hybridized carbons (Fsp3) is 0.476. The molecule has 2 aromatic rings. The van der Waals surface area contributed by atoms with E-state index in [-0.39, 0.29) is 11.5 Å². The Bertz CT molecular complexity index is 809. The third-order valence-corrected chi connectivity index (χ3v) is 4.58. The summed E-state index contributed by atoms with van der Waals surface area (Å²) in [6, 6.07) is 6.80. The number of rotatable bonds is 9. The molecule has 0 aliphatic heterocycles. The number of hydrogen-bond donors (Lipinski definition) is 2. The topological polar surface area (TPSA) is 84.2 Å². The number of nitrogens with one attached hydrogen (secondary N) is 1. The average Bonchev–Trinajstić information content (AvgIpc) is 2.86. The number of carbonyl (C=O) groups is 2. The molecule has 27 heavy (non-hydrogen) atoms. The summed E-state index contributed by atoms with van der Waals surface area (Å²) in [4.78, 5) is 23.2. The lowest BCUT2D eigenvalue weighted by Crippen LogP contribution is -2.26. The summed E-state index contributed by atoms with van der Waals surface area (Å²) in [5.74, 6) is -0.414. The van der Waals surface area contributed by atoms with Crippen molar-refractivity contribution in [2.24, 2.45) is 5.92 Å². The molecule has 0 saturated carbocycles. The quantitative estimate of drug-likeness (QED) is 0.709. The first-order valence-electron chi connectivity index (χ1n) is 9.39. The Balaban J connectivity index is 1.82. The Hall–Kier alpha value is -2.63. The van der Waals surface area contributed by atoms with Crippen molar-refractivity contribution >= 4 is 11.9 Å². The monoisotopic (exact) mass is 371 g/mol. The van der Waals surface area contributed by atoms with Crippen molar-refractivity contribution in [3.8, 4) is 0 Å². The molecule has 1 heterocycles. The number of amides is 1. The molecule has 146 valence electrons. The lowest BCUT2D eigenvalue weighted by atomic mass is 10.1. The molecule has 2 rings (SSSR count). The van der Waals surface area contributed by atoms with Crippen LogP contribution in [0.1, 0.15) is 53.1 Å². The Kier molecular flexibility index (Phi) is 7.16. The average molecular weight is 371 g/mol. The first kappa shape index (κ1) is 20.7. The summed E-state index contributed by atoms with van der Waals surface area (Å²) in [5, 5.41) is 16.5. The summed E-state index contributed by atoms with van der Waals surface area (Å²) in [5.41, 5.74) is 4.45. The molecule has 0 spiro atoms. The summed E-state index contributed by atoms with van der Waals surface area (Å²) in [7, 11) is 0. The molecule has 6 heteroatoms. The van der Waals surface area contributed by atoms with E-state index in [9.17, 15) is 9.59 Å². The second kappa shape index (κ2) is 9.35. The smallest absolute Gasteiger partial charge is 0.335 e. The van der Waals surface area contributed by atoms with Crippen LogP contribution in [0.5, 0.6) is 0 Å². The zero-order chi connectivity index (χ0) is 20.0. The van der Waals surface area contributed by atoms with E-state index in [1.807, 2.05) is 17.7 Å². The number of aromatic nitrogens is 2. The molecule has 6 nitrogen and oxygen atoms in total. The summed E-state index contributed by atoms with van der Waals surface area (Å²) in [6.07, 6.45) is 1.71. The SMILES string of the molecule is Cc1nn(CC(C)C)c(C)c1CCC(=O)NCCc1cccc(C(=O)O)c1. The van der Waals surface area contributed by atoms with Crippen LogP contribution in [0.4, 0.5) is 0 Å². The van der Waals surface area contributed by atoms with Crippen LogP contribution in [0.25, 0.3) is 0 Å². The minimum absolute atomic E-state index is 0.000186. The standard InChI is InChI=1S/C21H29N3O3/c1-14(2)13-24-16(4)19(15(3)23-24)8-9-20(25)22-11-10-17-6-5-7-18(12-17)21(26)27/h5-7,12,14H,8-11,13H2,1-4H3,(H,22,25)(H,26,27). The lowest BCUT2D eigenvalue weighted by molar-refractivity contribution is -0.121. The molecular formula is C21H29N3O3. The van der Waals surface area contributed by atoms with Crippen LogP contribution in [-0.2, 0) is 24.2 Å². The maximum Gasteiger partial charge on any atom is 0.335 e. The summed E-state index contributed by atoms with van der Waals surface area (Å²) < 4.78 is 2.03. The Labute approximate surface area is 160 Å². The van der Waals surface area contributed by atoms with Gasteiger partial charge < -0.3 is 10.4 Å². The van der Waals surface area contributed by atoms with Gasteiger partial charge in [-0.05, 0) is 55.9 Å². The zero-order valence-electron chi connectivity index (χ0n) is 16.6. The highest BCUT2D eigenvalue weighted by Gasteiger charge is 2.13. The lowest BCUT2D eigenvalue weighted by Gasteiger charge is -2.08. The van der Waals surface area contributed by atoms with E-state index in [0.717, 1.165) is 29.1 Å². The predicted octanol–water partition coefficient (Wildman–Crippen LogP) is 3.15. The second-order valence-corrected chi connectivity index (χ2v) is 7.33. The number of aryl methyl sites for hydroxylation is 1. The number of carbonyl (C=O) groups excluding carboxylic acids is 1. The Morgan fingerprint density at radius 2 is 1.96 bits per heavy atom. The normalized spacial score (nSPS) is 11.0. The van der Waals surface area contributed by atoms with Crippen molar-refractivity contribution in [3.05, 3.63) is 52.3 Å². The van der Waals surface area contributed by atoms with E-state index in [0.29, 0.717) is 31.7 Å². The fourth-order valence-corrected chi connectivity index (χ4v) is 3.15. The summed E-state index contributed by atoms with van der Waals surface area (Å²) in [6.45, 7) is 9.75. The van der Waals surface area contributed by atoms with Crippen molar-refractivity contribution in [2.45, 2.75) is 53.5 Å². The van der Waals surface area contributed by atoms with Gasteiger partial charge in [-0.3, -0.25) is 9.48 Å². The number of benzene rings is 1. The van der Waals surface area contributed by atoms with Crippen LogP contribution >= 0.6 is 0 Å². The van der Waals surface area contributed by atoms with Crippen molar-refractivity contribution in [1.29, 1.82) is 0 Å². The van der Waals surface area contributed by atoms with E-state index in [4.69, 9.17) is 5.11 Å². The molecular weight excluding hydrogens is 342 g/mol. The number of aromatic carboxylic acids is 1. The predicted molar refractivity (Wildman–Crippen MR) is 105 cm³/mol. The van der Waals surface area contributed by atoms with Crippen LogP contribution < -0.4 is 5.32 Å². The number of carboxylic acid groups (broad SMARTS) is 1. The van der Waals surface area contributed by atoms with Crippen LogP contribution in [0, 0.1) is 19.8 Å². The third-order valence-electron chi connectivity index (χ3n) is 4.58. The fourth-order valence-electron chi connectivity index (χ4n) is 3.15. The van der Waals surface area contributed by atoms with E-state index >= 15 is 0 Å². The van der Waals surface area contributed by atoms with Gasteiger partial charge in [-0.1, -0.05) is 26.0 Å². The van der Waals surface area contributed by atoms with Gasteiger partial charge in [0.25, 0.3) is 0 Å². The van der Waals surface area contributed by atoms with Gasteiger partial charge in [0.05, 0.1) is 11.3 Å². The third kappa shape index (κ3) is 5.94. The maximum absolute atomic E-state index is 12.2. The second-order valence-electron chi connectivity index (χ2n) is 7.33. The molecule has 0 aliphatic rings. The molecule has 0 saturated heterocycles. The molecule has 2 N–H and O–H groups in total. The van der Waals surface area contributed by atoms with Crippen molar-refractivity contribution < 1.29 is 14.7 Å². The van der Waals surface area contributed by atoms with Gasteiger partial charge in [0.15, 0.2) is 0 Å². The van der Waals surface area contributed by atoms with Gasteiger partial charge in [0.2, 0.25) is 5.91 Å². The minimum Gasteiger partial charge on any atom is -0.478 e. The molecule has 0 atom stereocenters. The van der Waals surface area contributed by atoms with Crippen LogP contribution in [0.3, 0.4) is 0 Å². The highest BCUT2D eigenvalue weighted by molar-refractivity contribution is 5.87. The van der Waals surface area contributed by atoms with E-state index in [2.05, 4.69) is 31.2 Å². The van der Waals surface area contributed by atoms with Gasteiger partial charge in [-0.25, -0.2) is 4.79 Å². The van der Waals surface area contributed by atoms with Crippen molar-refractivity contribution in [3.63, 3.8) is 0 Å². The number of nitrogens with zero attached hydrogens (tertiary/aromatic N) is 2. The molecule has 1 aromatic carbocycles. The molecule has 0 aliphatic carbocycles. The first-order valence-corrected chi connectivity index (χ1v) is 9.39. The van der Waals surface area contributed by atoms with E-state index < -0.39 is 5.97 Å². The van der Waals surface area contributed by atoms with Crippen molar-refractivity contribution in [1.82, 2.24) is 15.1 Å². The molecule has 0 bridgehead atoms. The Morgan fingerprint density at radius 1 is 1.22 bits per heavy atom. The minimum atomic E-state index is -0.940. The van der Waals surface area contributed by atoms with Crippen LogP contribution in [0.2, 0.25) is 0 Å². The highest BCUT2D eigenvalue weighted by atomic mass is 16.4. The van der Waals surface area contributed by atoms with Gasteiger partial charge in [0.1, 0.15) is 0 Å². The Morgan fingerprint density at radius 3 is 2.63 bits per heavy atom. The zero-order valence-corrected chi connectivity index (χ0v) is 16.6. The molecule has 0 unspecified atom stereocenters. The molecule has 0 radical (unpaired) electrons. The first-order chi connectivity index (χ1) is 12.8. The van der Waals surface area contributed by atoms with Crippen LogP contribution in [-0.4, -0.2) is 33.3 Å². The van der Waals surface area contributed by atoms with E-state index in [1.54, 1.807) is 18.2 Å².